The van der Waals surface area contributed by atoms with E-state index in [0.717, 1.165) is 17.7 Å². The van der Waals surface area contributed by atoms with E-state index in [1.54, 1.807) is 30.0 Å². The minimum atomic E-state index is -0.945. The molecule has 0 spiro atoms. The van der Waals surface area contributed by atoms with Gasteiger partial charge in [-0.3, -0.25) is 0 Å². The molecule has 16 heavy (non-hydrogen) atoms. The third-order valence-electron chi connectivity index (χ3n) is 2.12. The summed E-state index contributed by atoms with van der Waals surface area (Å²) >= 11 is 1.75. The van der Waals surface area contributed by atoms with Gasteiger partial charge in [0.15, 0.2) is 0 Å². The van der Waals surface area contributed by atoms with Crippen LogP contribution in [0.5, 0.6) is 5.75 Å². The zero-order valence-corrected chi connectivity index (χ0v) is 10.3. The lowest BCUT2D eigenvalue weighted by atomic mass is 10.1. The first-order valence-electron chi connectivity index (χ1n) is 5.11. The smallest absolute Gasteiger partial charge is 0.339 e. The summed E-state index contributed by atoms with van der Waals surface area (Å²) < 4.78 is 5.49. The predicted octanol–water partition coefficient (Wildman–Crippen LogP) is 2.83. The number of carboxylic acids is 1. The first-order chi connectivity index (χ1) is 7.65. The fourth-order valence-corrected chi connectivity index (χ4v) is 1.72. The molecule has 0 bridgehead atoms. The molecule has 0 radical (unpaired) electrons. The number of hydrogen-bond donors (Lipinski definition) is 1. The first-order valence-corrected chi connectivity index (χ1v) is 6.50. The Morgan fingerprint density at radius 2 is 2.25 bits per heavy atom. The molecule has 0 aromatic heterocycles. The Morgan fingerprint density at radius 1 is 1.50 bits per heavy atom. The number of aryl methyl sites for hydroxylation is 1. The van der Waals surface area contributed by atoms with Gasteiger partial charge in [0.25, 0.3) is 0 Å². The van der Waals surface area contributed by atoms with Crippen LogP contribution in [0.3, 0.4) is 0 Å². The van der Waals surface area contributed by atoms with E-state index >= 15 is 0 Å². The number of benzene rings is 1. The molecular formula is C12H16O3S. The topological polar surface area (TPSA) is 46.5 Å². The summed E-state index contributed by atoms with van der Waals surface area (Å²) in [7, 11) is 0. The van der Waals surface area contributed by atoms with Crippen LogP contribution in [-0.4, -0.2) is 29.7 Å². The maximum absolute atomic E-state index is 10.9. The quantitative estimate of drug-likeness (QED) is 0.777. The summed E-state index contributed by atoms with van der Waals surface area (Å²) in [5.74, 6) is 0.544. The summed E-state index contributed by atoms with van der Waals surface area (Å²) in [4.78, 5) is 10.9. The van der Waals surface area contributed by atoms with Crippen molar-refractivity contribution in [3.05, 3.63) is 29.3 Å². The molecule has 1 N–H and O–H groups in total. The van der Waals surface area contributed by atoms with E-state index in [4.69, 9.17) is 9.84 Å². The summed E-state index contributed by atoms with van der Waals surface area (Å²) in [6.45, 7) is 2.48. The molecular weight excluding hydrogens is 224 g/mol. The molecule has 1 aromatic rings. The van der Waals surface area contributed by atoms with Gasteiger partial charge in [-0.15, -0.1) is 0 Å². The van der Waals surface area contributed by atoms with Crippen molar-refractivity contribution in [1.29, 1.82) is 0 Å². The minimum absolute atomic E-state index is 0.231. The van der Waals surface area contributed by atoms with Crippen LogP contribution in [0.25, 0.3) is 0 Å². The molecule has 0 fully saturated rings. The van der Waals surface area contributed by atoms with Crippen molar-refractivity contribution in [2.24, 2.45) is 0 Å². The van der Waals surface area contributed by atoms with Gasteiger partial charge >= 0.3 is 5.97 Å². The number of aromatic carboxylic acids is 1. The van der Waals surface area contributed by atoms with E-state index in [2.05, 4.69) is 0 Å². The molecule has 1 aromatic carbocycles. The predicted molar refractivity (Wildman–Crippen MR) is 66.6 cm³/mol. The highest BCUT2D eigenvalue weighted by Crippen LogP contribution is 2.20. The Balaban J connectivity index is 2.68. The van der Waals surface area contributed by atoms with Crippen molar-refractivity contribution >= 4 is 17.7 Å². The average molecular weight is 240 g/mol. The largest absolute Gasteiger partial charge is 0.493 e. The highest BCUT2D eigenvalue weighted by molar-refractivity contribution is 7.98. The number of carbonyl (C=O) groups is 1. The number of hydrogen-bond acceptors (Lipinski definition) is 3. The van der Waals surface area contributed by atoms with Crippen molar-refractivity contribution in [1.82, 2.24) is 0 Å². The lowest BCUT2D eigenvalue weighted by Crippen LogP contribution is -2.05. The zero-order valence-electron chi connectivity index (χ0n) is 9.53. The van der Waals surface area contributed by atoms with E-state index in [-0.39, 0.29) is 5.56 Å². The van der Waals surface area contributed by atoms with Crippen LogP contribution in [-0.2, 0) is 0 Å². The highest BCUT2D eigenvalue weighted by atomic mass is 32.2. The molecule has 0 atom stereocenters. The second-order valence-corrected chi connectivity index (χ2v) is 4.49. The summed E-state index contributed by atoms with van der Waals surface area (Å²) in [6.07, 6.45) is 2.96. The molecule has 0 amide bonds. The van der Waals surface area contributed by atoms with Gasteiger partial charge in [-0.05, 0) is 43.0 Å². The normalized spacial score (nSPS) is 10.1. The van der Waals surface area contributed by atoms with Crippen molar-refractivity contribution in [3.8, 4) is 5.75 Å². The zero-order chi connectivity index (χ0) is 12.0. The van der Waals surface area contributed by atoms with Crippen LogP contribution in [0.1, 0.15) is 22.3 Å². The Hall–Kier alpha value is -1.16. The van der Waals surface area contributed by atoms with Gasteiger partial charge in [0.05, 0.1) is 6.61 Å². The Bertz CT molecular complexity index is 363. The van der Waals surface area contributed by atoms with E-state index in [1.165, 1.54) is 0 Å². The van der Waals surface area contributed by atoms with E-state index in [9.17, 15) is 4.79 Å². The SMILES string of the molecule is CSCCCOc1cc(C)ccc1C(=O)O. The fourth-order valence-electron chi connectivity index (χ4n) is 1.31. The van der Waals surface area contributed by atoms with Gasteiger partial charge in [-0.2, -0.15) is 11.8 Å². The molecule has 0 aliphatic heterocycles. The third kappa shape index (κ3) is 3.77. The van der Waals surface area contributed by atoms with Gasteiger partial charge in [0.1, 0.15) is 11.3 Å². The van der Waals surface area contributed by atoms with Crippen molar-refractivity contribution in [2.45, 2.75) is 13.3 Å². The van der Waals surface area contributed by atoms with Crippen LogP contribution >= 0.6 is 11.8 Å². The van der Waals surface area contributed by atoms with Crippen LogP contribution < -0.4 is 4.74 Å². The minimum Gasteiger partial charge on any atom is -0.493 e. The molecule has 3 nitrogen and oxygen atoms in total. The average Bonchev–Trinajstić information content (AvgIpc) is 2.24. The Morgan fingerprint density at radius 3 is 2.88 bits per heavy atom. The number of carboxylic acid groups (broad SMARTS) is 1. The van der Waals surface area contributed by atoms with Crippen molar-refractivity contribution in [2.75, 3.05) is 18.6 Å². The number of rotatable bonds is 6. The number of thioether (sulfide) groups is 1. The van der Waals surface area contributed by atoms with Crippen LogP contribution in [0.15, 0.2) is 18.2 Å². The highest BCUT2D eigenvalue weighted by Gasteiger charge is 2.10. The molecule has 0 heterocycles. The number of ether oxygens (including phenoxy) is 1. The summed E-state index contributed by atoms with van der Waals surface area (Å²) in [5.41, 5.74) is 1.24. The lowest BCUT2D eigenvalue weighted by molar-refractivity contribution is 0.0692. The monoisotopic (exact) mass is 240 g/mol. The maximum Gasteiger partial charge on any atom is 0.339 e. The van der Waals surface area contributed by atoms with Gasteiger partial charge in [-0.25, -0.2) is 4.79 Å². The Labute approximate surface area is 99.8 Å². The lowest BCUT2D eigenvalue weighted by Gasteiger charge is -2.09. The molecule has 0 unspecified atom stereocenters. The maximum atomic E-state index is 10.9. The molecule has 0 aliphatic rings. The van der Waals surface area contributed by atoms with E-state index in [0.29, 0.717) is 12.4 Å². The summed E-state index contributed by atoms with van der Waals surface area (Å²) in [6, 6.07) is 5.13. The van der Waals surface area contributed by atoms with Crippen molar-refractivity contribution < 1.29 is 14.6 Å². The standard InChI is InChI=1S/C12H16O3S/c1-9-4-5-10(12(13)14)11(8-9)15-6-3-7-16-2/h4-5,8H,3,6-7H2,1-2H3,(H,13,14). The summed E-state index contributed by atoms with van der Waals surface area (Å²) in [5, 5.41) is 8.98. The van der Waals surface area contributed by atoms with E-state index < -0.39 is 5.97 Å². The van der Waals surface area contributed by atoms with Crippen LogP contribution in [0, 0.1) is 6.92 Å². The molecule has 1 rings (SSSR count). The van der Waals surface area contributed by atoms with Crippen LogP contribution in [0.4, 0.5) is 0 Å². The third-order valence-corrected chi connectivity index (χ3v) is 2.81. The molecule has 0 saturated heterocycles. The Kier molecular flexibility index (Phi) is 5.19. The molecule has 4 heteroatoms. The van der Waals surface area contributed by atoms with Gasteiger partial charge in [-0.1, -0.05) is 6.07 Å². The second-order valence-electron chi connectivity index (χ2n) is 3.50. The van der Waals surface area contributed by atoms with E-state index in [1.807, 2.05) is 13.2 Å². The van der Waals surface area contributed by atoms with Gasteiger partial charge in [0.2, 0.25) is 0 Å². The van der Waals surface area contributed by atoms with Gasteiger partial charge < -0.3 is 9.84 Å². The molecule has 0 aliphatic carbocycles. The molecule has 0 saturated carbocycles. The first kappa shape index (κ1) is 12.9. The van der Waals surface area contributed by atoms with Crippen molar-refractivity contribution in [3.63, 3.8) is 0 Å². The second kappa shape index (κ2) is 6.43. The molecule has 88 valence electrons. The van der Waals surface area contributed by atoms with Gasteiger partial charge in [0, 0.05) is 0 Å². The fraction of sp³-hybridized carbons (Fsp3) is 0.417. The van der Waals surface area contributed by atoms with Crippen LogP contribution in [0.2, 0.25) is 0 Å².